The molecule has 1 spiro atoms. The topological polar surface area (TPSA) is 79.2 Å². The molecule has 0 amide bonds. The van der Waals surface area contributed by atoms with Crippen molar-refractivity contribution >= 4 is 23.4 Å². The molecule has 0 saturated heterocycles. The highest BCUT2D eigenvalue weighted by molar-refractivity contribution is 5.89. The van der Waals surface area contributed by atoms with Gasteiger partial charge >= 0.3 is 5.97 Å². The van der Waals surface area contributed by atoms with Crippen molar-refractivity contribution in [1.82, 2.24) is 0 Å². The zero-order chi connectivity index (χ0) is 24.3. The number of hydrogen-bond acceptors (Lipinski definition) is 5. The number of nitroso groups, excluding NO2 is 1. The molecule has 0 aliphatic carbocycles. The van der Waals surface area contributed by atoms with Gasteiger partial charge in [0.15, 0.2) is 0 Å². The highest BCUT2D eigenvalue weighted by Crippen LogP contribution is 2.56. The van der Waals surface area contributed by atoms with E-state index in [9.17, 15) is 19.2 Å². The number of rotatable bonds is 4. The van der Waals surface area contributed by atoms with Crippen molar-refractivity contribution < 1.29 is 19.0 Å². The van der Waals surface area contributed by atoms with Crippen molar-refractivity contribution in [1.29, 1.82) is 0 Å². The predicted octanol–water partition coefficient (Wildman–Crippen LogP) is 6.33. The van der Waals surface area contributed by atoms with Crippen LogP contribution in [0.3, 0.4) is 0 Å². The Bertz CT molecular complexity index is 1360. The lowest BCUT2D eigenvalue weighted by atomic mass is 9.76. The minimum Gasteiger partial charge on any atom is -0.478 e. The Labute approximate surface area is 196 Å². The first-order valence-corrected chi connectivity index (χ1v) is 10.9. The van der Waals surface area contributed by atoms with Gasteiger partial charge in [-0.15, -0.1) is 4.91 Å². The molecule has 0 radical (unpaired) electrons. The van der Waals surface area contributed by atoms with E-state index in [1.54, 1.807) is 42.5 Å². The van der Waals surface area contributed by atoms with Gasteiger partial charge < -0.3 is 14.7 Å². The molecule has 7 heteroatoms. The largest absolute Gasteiger partial charge is 0.478 e. The van der Waals surface area contributed by atoms with E-state index in [-0.39, 0.29) is 11.4 Å². The molecule has 2 heterocycles. The molecule has 172 valence electrons. The van der Waals surface area contributed by atoms with Crippen LogP contribution in [0.25, 0.3) is 6.08 Å². The Morgan fingerprint density at radius 1 is 1.12 bits per heavy atom. The molecule has 1 unspecified atom stereocenters. The van der Waals surface area contributed by atoms with Gasteiger partial charge in [-0.3, -0.25) is 0 Å². The van der Waals surface area contributed by atoms with E-state index in [2.05, 4.69) is 10.1 Å². The Balaban J connectivity index is 1.70. The Kier molecular flexibility index (Phi) is 4.82. The second kappa shape index (κ2) is 7.52. The number of halogens is 1. The van der Waals surface area contributed by atoms with E-state index in [4.69, 9.17) is 4.74 Å². The van der Waals surface area contributed by atoms with Crippen LogP contribution in [-0.4, -0.2) is 16.8 Å². The number of benzene rings is 3. The lowest BCUT2D eigenvalue weighted by molar-refractivity contribution is 0.0513. The number of aromatic carboxylic acids is 1. The van der Waals surface area contributed by atoms with Gasteiger partial charge in [-0.25, -0.2) is 9.18 Å². The zero-order valence-electron chi connectivity index (χ0n) is 19.0. The summed E-state index contributed by atoms with van der Waals surface area (Å²) < 4.78 is 20.4. The van der Waals surface area contributed by atoms with Crippen molar-refractivity contribution in [2.45, 2.75) is 38.5 Å². The fourth-order valence-corrected chi connectivity index (χ4v) is 5.06. The minimum absolute atomic E-state index is 0.198. The van der Waals surface area contributed by atoms with Crippen molar-refractivity contribution in [3.63, 3.8) is 0 Å². The lowest BCUT2D eigenvalue weighted by Gasteiger charge is -2.47. The molecular formula is C27H23FN2O4. The Hall–Kier alpha value is -4.00. The molecule has 1 N–H and O–H groups in total. The number of carboxylic acids is 1. The summed E-state index contributed by atoms with van der Waals surface area (Å²) >= 11 is 0. The number of ether oxygens (including phenoxy) is 1. The maximum absolute atomic E-state index is 13.6. The molecule has 5 rings (SSSR count). The SMILES string of the molecule is Cc1cc(N=O)cc2c1OC1(C=C2)N(Cc2ccc(F)cc2)c2ccc(C(=O)O)cc2C1(C)C. The van der Waals surface area contributed by atoms with Gasteiger partial charge in [-0.05, 0) is 97.3 Å². The maximum Gasteiger partial charge on any atom is 0.335 e. The molecular weight excluding hydrogens is 435 g/mol. The van der Waals surface area contributed by atoms with Crippen LogP contribution in [0.4, 0.5) is 15.8 Å². The smallest absolute Gasteiger partial charge is 0.335 e. The first-order chi connectivity index (χ1) is 16.2. The third-order valence-corrected chi connectivity index (χ3v) is 6.90. The summed E-state index contributed by atoms with van der Waals surface area (Å²) in [5, 5.41) is 12.7. The Morgan fingerprint density at radius 3 is 2.53 bits per heavy atom. The first kappa shape index (κ1) is 21.8. The number of carboxylic acid groups (broad SMARTS) is 1. The zero-order valence-corrected chi connectivity index (χ0v) is 19.0. The van der Waals surface area contributed by atoms with E-state index in [0.717, 1.165) is 27.9 Å². The fourth-order valence-electron chi connectivity index (χ4n) is 5.06. The number of hydrogen-bond donors (Lipinski definition) is 1. The summed E-state index contributed by atoms with van der Waals surface area (Å²) in [4.78, 5) is 24.9. The van der Waals surface area contributed by atoms with Gasteiger partial charge in [0.1, 0.15) is 17.3 Å². The molecule has 0 aromatic heterocycles. The molecule has 0 bridgehead atoms. The minimum atomic E-state index is -1.00. The van der Waals surface area contributed by atoms with Crippen molar-refractivity contribution in [2.24, 2.45) is 5.18 Å². The molecule has 2 aliphatic rings. The van der Waals surface area contributed by atoms with E-state index >= 15 is 0 Å². The van der Waals surface area contributed by atoms with E-state index in [0.29, 0.717) is 18.0 Å². The van der Waals surface area contributed by atoms with Crippen LogP contribution in [0.1, 0.15) is 46.5 Å². The number of anilines is 1. The van der Waals surface area contributed by atoms with E-state index in [1.807, 2.05) is 32.9 Å². The highest BCUT2D eigenvalue weighted by atomic mass is 19.1. The predicted molar refractivity (Wildman–Crippen MR) is 128 cm³/mol. The molecule has 6 nitrogen and oxygen atoms in total. The molecule has 2 aliphatic heterocycles. The normalized spacial score (nSPS) is 19.5. The molecule has 3 aromatic carbocycles. The molecule has 0 fully saturated rings. The highest BCUT2D eigenvalue weighted by Gasteiger charge is 2.59. The average Bonchev–Trinajstić information content (AvgIpc) is 2.99. The summed E-state index contributed by atoms with van der Waals surface area (Å²) in [5.41, 5.74) is 2.96. The van der Waals surface area contributed by atoms with Crippen molar-refractivity contribution in [3.8, 4) is 5.75 Å². The van der Waals surface area contributed by atoms with Gasteiger partial charge in [0.05, 0.1) is 11.0 Å². The standard InChI is InChI=1S/C27H23FN2O4/c1-16-12-21(29-33)13-18-10-11-27(34-24(16)18)26(2,3)22-14-19(25(31)32)6-9-23(22)30(27)15-17-4-7-20(28)8-5-17/h4-14H,15H2,1-3H3,(H,31,32). The summed E-state index contributed by atoms with van der Waals surface area (Å²) in [6.07, 6.45) is 3.87. The average molecular weight is 458 g/mol. The van der Waals surface area contributed by atoms with Crippen LogP contribution in [0.2, 0.25) is 0 Å². The van der Waals surface area contributed by atoms with Crippen LogP contribution in [0.5, 0.6) is 5.75 Å². The Morgan fingerprint density at radius 2 is 1.85 bits per heavy atom. The molecule has 34 heavy (non-hydrogen) atoms. The number of aryl methyl sites for hydroxylation is 1. The first-order valence-electron chi connectivity index (χ1n) is 10.9. The van der Waals surface area contributed by atoms with Crippen molar-refractivity contribution in [3.05, 3.63) is 99.2 Å². The summed E-state index contributed by atoms with van der Waals surface area (Å²) in [5.74, 6) is -0.678. The summed E-state index contributed by atoms with van der Waals surface area (Å²) in [6.45, 7) is 6.32. The lowest BCUT2D eigenvalue weighted by Crippen LogP contribution is -2.59. The van der Waals surface area contributed by atoms with Gasteiger partial charge in [0.2, 0.25) is 5.72 Å². The second-order valence-corrected chi connectivity index (χ2v) is 9.28. The number of fused-ring (bicyclic) bond motifs is 2. The molecule has 1 atom stereocenters. The maximum atomic E-state index is 13.6. The molecule has 0 saturated carbocycles. The van der Waals surface area contributed by atoms with Crippen LogP contribution < -0.4 is 9.64 Å². The van der Waals surface area contributed by atoms with Gasteiger partial charge in [-0.1, -0.05) is 12.1 Å². The monoisotopic (exact) mass is 458 g/mol. The second-order valence-electron chi connectivity index (χ2n) is 9.28. The van der Waals surface area contributed by atoms with Gasteiger partial charge in [0, 0.05) is 17.8 Å². The van der Waals surface area contributed by atoms with Crippen molar-refractivity contribution in [2.75, 3.05) is 4.90 Å². The summed E-state index contributed by atoms with van der Waals surface area (Å²) in [6, 6.07) is 14.7. The quantitative estimate of drug-likeness (QED) is 0.462. The van der Waals surface area contributed by atoms with Crippen LogP contribution in [0, 0.1) is 17.6 Å². The third kappa shape index (κ3) is 3.11. The fraction of sp³-hybridized carbons (Fsp3) is 0.222. The van der Waals surface area contributed by atoms with E-state index < -0.39 is 17.1 Å². The van der Waals surface area contributed by atoms with Crippen LogP contribution in [-0.2, 0) is 12.0 Å². The third-order valence-electron chi connectivity index (χ3n) is 6.90. The molecule has 3 aromatic rings. The van der Waals surface area contributed by atoms with Gasteiger partial charge in [-0.2, -0.15) is 0 Å². The van der Waals surface area contributed by atoms with Crippen LogP contribution in [0.15, 0.2) is 65.9 Å². The van der Waals surface area contributed by atoms with Crippen LogP contribution >= 0.6 is 0 Å². The van der Waals surface area contributed by atoms with Gasteiger partial charge in [0.25, 0.3) is 0 Å². The number of carbonyl (C=O) groups is 1. The summed E-state index contributed by atoms with van der Waals surface area (Å²) in [7, 11) is 0. The van der Waals surface area contributed by atoms with E-state index in [1.165, 1.54) is 12.1 Å². The number of nitrogens with zero attached hydrogens (tertiary/aromatic N) is 2.